The summed E-state index contributed by atoms with van der Waals surface area (Å²) in [5.41, 5.74) is 5.91. The molecule has 3 aromatic carbocycles. The lowest BCUT2D eigenvalue weighted by molar-refractivity contribution is -0.121. The van der Waals surface area contributed by atoms with Crippen molar-refractivity contribution in [2.24, 2.45) is 5.10 Å². The van der Waals surface area contributed by atoms with E-state index in [9.17, 15) is 9.59 Å². The van der Waals surface area contributed by atoms with Gasteiger partial charge in [-0.15, -0.1) is 0 Å². The first kappa shape index (κ1) is 24.0. The lowest BCUT2D eigenvalue weighted by Gasteiger charge is -2.09. The molecule has 0 unspecified atom stereocenters. The van der Waals surface area contributed by atoms with Crippen LogP contribution in [0.25, 0.3) is 0 Å². The summed E-state index contributed by atoms with van der Waals surface area (Å²) in [6.45, 7) is 2.34. The van der Waals surface area contributed by atoms with Crippen molar-refractivity contribution >= 4 is 35.3 Å². The zero-order valence-electron chi connectivity index (χ0n) is 18.4. The van der Waals surface area contributed by atoms with E-state index in [1.165, 1.54) is 0 Å². The maximum atomic E-state index is 12.1. The van der Waals surface area contributed by atoms with Crippen molar-refractivity contribution in [3.05, 3.63) is 94.5 Å². The van der Waals surface area contributed by atoms with E-state index in [1.54, 1.807) is 24.4 Å². The zero-order chi connectivity index (χ0) is 23.5. The number of hydrogen-bond donors (Lipinski definition) is 2. The molecule has 170 valence electrons. The lowest BCUT2D eigenvalue weighted by Crippen LogP contribution is -2.18. The molecule has 0 aliphatic heterocycles. The summed E-state index contributed by atoms with van der Waals surface area (Å²) in [6, 6.07) is 22.7. The van der Waals surface area contributed by atoms with Gasteiger partial charge in [-0.05, 0) is 66.4 Å². The maximum Gasteiger partial charge on any atom is 0.240 e. The smallest absolute Gasteiger partial charge is 0.240 e. The van der Waals surface area contributed by atoms with Crippen molar-refractivity contribution in [2.45, 2.75) is 32.8 Å². The third-order valence-corrected chi connectivity index (χ3v) is 5.29. The summed E-state index contributed by atoms with van der Waals surface area (Å²) >= 11 is 6.06. The molecule has 0 fully saturated rings. The predicted octanol–water partition coefficient (Wildman–Crippen LogP) is 5.49. The fraction of sp³-hybridized carbons (Fsp3) is 0.192. The quantitative estimate of drug-likeness (QED) is 0.308. The van der Waals surface area contributed by atoms with E-state index in [4.69, 9.17) is 16.3 Å². The van der Waals surface area contributed by atoms with E-state index in [1.807, 2.05) is 61.5 Å². The van der Waals surface area contributed by atoms with E-state index in [0.29, 0.717) is 23.7 Å². The van der Waals surface area contributed by atoms with E-state index in [2.05, 4.69) is 15.8 Å². The molecule has 2 N–H and O–H groups in total. The molecule has 0 spiro atoms. The van der Waals surface area contributed by atoms with Crippen molar-refractivity contribution in [3.63, 3.8) is 0 Å². The van der Waals surface area contributed by atoms with E-state index >= 15 is 0 Å². The summed E-state index contributed by atoms with van der Waals surface area (Å²) in [6.07, 6.45) is 2.41. The third-order valence-electron chi connectivity index (χ3n) is 4.88. The first-order valence-electron chi connectivity index (χ1n) is 10.6. The topological polar surface area (TPSA) is 79.8 Å². The van der Waals surface area contributed by atoms with Crippen LogP contribution in [0.2, 0.25) is 5.02 Å². The summed E-state index contributed by atoms with van der Waals surface area (Å²) in [4.78, 5) is 24.0. The van der Waals surface area contributed by atoms with Gasteiger partial charge in [0.2, 0.25) is 11.8 Å². The number of anilines is 1. The lowest BCUT2D eigenvalue weighted by atomic mass is 10.2. The number of nitrogens with zero attached hydrogens (tertiary/aromatic N) is 1. The molecule has 0 atom stereocenters. The summed E-state index contributed by atoms with van der Waals surface area (Å²) < 4.78 is 5.75. The van der Waals surface area contributed by atoms with Crippen LogP contribution in [0.4, 0.5) is 5.69 Å². The number of ether oxygens (including phenoxy) is 1. The van der Waals surface area contributed by atoms with Gasteiger partial charge >= 0.3 is 0 Å². The molecule has 33 heavy (non-hydrogen) atoms. The molecule has 0 saturated carbocycles. The molecule has 2 amide bonds. The Hall–Kier alpha value is -3.64. The number of carbonyl (C=O) groups is 2. The molecule has 3 aromatic rings. The molecular weight excluding hydrogens is 438 g/mol. The average Bonchev–Trinajstić information content (AvgIpc) is 2.82. The molecule has 0 aliphatic rings. The highest BCUT2D eigenvalue weighted by atomic mass is 35.5. The Balaban J connectivity index is 1.34. The Morgan fingerprint density at radius 3 is 2.42 bits per heavy atom. The molecule has 0 aliphatic carbocycles. The Bertz CT molecular complexity index is 1100. The number of benzene rings is 3. The van der Waals surface area contributed by atoms with Crippen LogP contribution in [0.3, 0.4) is 0 Å². The van der Waals surface area contributed by atoms with Gasteiger partial charge in [0.05, 0.1) is 6.21 Å². The van der Waals surface area contributed by atoms with Crippen LogP contribution >= 0.6 is 11.6 Å². The fourth-order valence-electron chi connectivity index (χ4n) is 2.99. The minimum absolute atomic E-state index is 0.161. The van der Waals surface area contributed by atoms with Crippen LogP contribution in [0.5, 0.6) is 5.75 Å². The second-order valence-electron chi connectivity index (χ2n) is 7.45. The monoisotopic (exact) mass is 463 g/mol. The van der Waals surface area contributed by atoms with Crippen LogP contribution in [0.15, 0.2) is 77.9 Å². The van der Waals surface area contributed by atoms with Gasteiger partial charge < -0.3 is 10.1 Å². The largest absolute Gasteiger partial charge is 0.489 e. The Morgan fingerprint density at radius 1 is 0.939 bits per heavy atom. The second kappa shape index (κ2) is 12.4. The normalized spacial score (nSPS) is 10.7. The van der Waals surface area contributed by atoms with Crippen LogP contribution in [-0.2, 0) is 16.2 Å². The summed E-state index contributed by atoms with van der Waals surface area (Å²) in [7, 11) is 0. The van der Waals surface area contributed by atoms with Gasteiger partial charge in [0.25, 0.3) is 0 Å². The first-order chi connectivity index (χ1) is 16.0. The molecule has 0 aromatic heterocycles. The minimum atomic E-state index is -0.249. The number of hydrazone groups is 1. The van der Waals surface area contributed by atoms with Crippen LogP contribution in [0.1, 0.15) is 36.0 Å². The molecule has 0 radical (unpaired) electrons. The van der Waals surface area contributed by atoms with Crippen LogP contribution in [0, 0.1) is 6.92 Å². The van der Waals surface area contributed by atoms with Crippen molar-refractivity contribution in [1.82, 2.24) is 5.43 Å². The Labute approximate surface area is 198 Å². The van der Waals surface area contributed by atoms with Crippen molar-refractivity contribution in [3.8, 4) is 5.75 Å². The fourth-order valence-corrected chi connectivity index (χ4v) is 3.17. The van der Waals surface area contributed by atoms with Gasteiger partial charge in [-0.3, -0.25) is 9.59 Å². The third kappa shape index (κ3) is 8.09. The molecule has 3 rings (SSSR count). The van der Waals surface area contributed by atoms with E-state index in [-0.39, 0.29) is 24.7 Å². The van der Waals surface area contributed by atoms with Gasteiger partial charge in [-0.1, -0.05) is 48.0 Å². The van der Waals surface area contributed by atoms with E-state index < -0.39 is 0 Å². The molecule has 0 saturated heterocycles. The molecular formula is C26H26ClN3O3. The van der Waals surface area contributed by atoms with Gasteiger partial charge in [-0.2, -0.15) is 5.10 Å². The highest BCUT2D eigenvalue weighted by molar-refractivity contribution is 6.31. The van der Waals surface area contributed by atoms with Crippen molar-refractivity contribution in [1.29, 1.82) is 0 Å². The number of amides is 2. The SMILES string of the molecule is Cc1c(Cl)cccc1NC(=O)CCCC(=O)N/N=C\c1ccc(OCc2ccccc2)cc1. The van der Waals surface area contributed by atoms with Gasteiger partial charge in [-0.25, -0.2) is 5.43 Å². The average molecular weight is 464 g/mol. The highest BCUT2D eigenvalue weighted by Crippen LogP contribution is 2.23. The van der Waals surface area contributed by atoms with Crippen LogP contribution in [-0.4, -0.2) is 18.0 Å². The molecule has 6 nitrogen and oxygen atoms in total. The van der Waals surface area contributed by atoms with Gasteiger partial charge in [0.1, 0.15) is 12.4 Å². The molecule has 0 bridgehead atoms. The van der Waals surface area contributed by atoms with E-state index in [0.717, 1.165) is 22.4 Å². The standard InChI is InChI=1S/C26H26ClN3O3/c1-19-23(27)9-5-10-24(19)29-25(31)11-6-12-26(32)30-28-17-20-13-15-22(16-14-20)33-18-21-7-3-2-4-8-21/h2-5,7-10,13-17H,6,11-12,18H2,1H3,(H,29,31)(H,30,32)/b28-17-. The minimum Gasteiger partial charge on any atom is -0.489 e. The number of halogens is 1. The summed E-state index contributed by atoms with van der Waals surface area (Å²) in [5, 5.41) is 7.38. The molecule has 7 heteroatoms. The van der Waals surface area contributed by atoms with Gasteiger partial charge in [0, 0.05) is 23.6 Å². The highest BCUT2D eigenvalue weighted by Gasteiger charge is 2.08. The molecule has 0 heterocycles. The number of rotatable bonds is 10. The Kier molecular flexibility index (Phi) is 9.03. The van der Waals surface area contributed by atoms with Crippen molar-refractivity contribution < 1.29 is 14.3 Å². The zero-order valence-corrected chi connectivity index (χ0v) is 19.1. The van der Waals surface area contributed by atoms with Gasteiger partial charge in [0.15, 0.2) is 0 Å². The van der Waals surface area contributed by atoms with Crippen LogP contribution < -0.4 is 15.5 Å². The number of carbonyl (C=O) groups excluding carboxylic acids is 2. The first-order valence-corrected chi connectivity index (χ1v) is 11.0. The maximum absolute atomic E-state index is 12.1. The number of nitrogens with one attached hydrogen (secondary N) is 2. The predicted molar refractivity (Wildman–Crippen MR) is 132 cm³/mol. The second-order valence-corrected chi connectivity index (χ2v) is 7.86. The summed E-state index contributed by atoms with van der Waals surface area (Å²) in [5.74, 6) is 0.346. The Morgan fingerprint density at radius 2 is 1.67 bits per heavy atom. The van der Waals surface area contributed by atoms with Crippen molar-refractivity contribution in [2.75, 3.05) is 5.32 Å². The number of hydrogen-bond acceptors (Lipinski definition) is 4.